The molecular weight excluding hydrogens is 338 g/mol. The van der Waals surface area contributed by atoms with Crippen molar-refractivity contribution in [1.82, 2.24) is 14.9 Å². The Kier molecular flexibility index (Phi) is 6.36. The first-order chi connectivity index (χ1) is 11.8. The number of carbonyl (C=O) groups is 1. The third-order valence-electron chi connectivity index (χ3n) is 4.15. The summed E-state index contributed by atoms with van der Waals surface area (Å²) in [5, 5.41) is 3.02. The van der Waals surface area contributed by atoms with Crippen molar-refractivity contribution in [3.63, 3.8) is 0 Å². The van der Waals surface area contributed by atoms with Crippen LogP contribution in [0, 0.1) is 0 Å². The molecule has 6 nitrogen and oxygen atoms in total. The molecule has 1 atom stereocenters. The third kappa shape index (κ3) is 5.16. The topological polar surface area (TPSA) is 81.1 Å². The number of hydrogen-bond donors (Lipinski definition) is 1. The average Bonchev–Trinajstić information content (AvgIpc) is 3.04. The molecule has 2 rings (SSSR count). The van der Waals surface area contributed by atoms with Crippen molar-refractivity contribution >= 4 is 15.7 Å². The SMILES string of the molecule is CCc1nccn1CCC(=O)NC(CC)c1ccc(S(C)(=O)=O)cc1. The predicted octanol–water partition coefficient (Wildman–Crippen LogP) is 2.51. The summed E-state index contributed by atoms with van der Waals surface area (Å²) in [7, 11) is -3.21. The molecule has 1 unspecified atom stereocenters. The highest BCUT2D eigenvalue weighted by molar-refractivity contribution is 7.90. The van der Waals surface area contributed by atoms with E-state index in [4.69, 9.17) is 0 Å². The number of amides is 1. The minimum absolute atomic E-state index is 0.0326. The maximum absolute atomic E-state index is 12.3. The molecule has 0 aliphatic rings. The molecule has 2 aromatic rings. The van der Waals surface area contributed by atoms with E-state index in [1.807, 2.05) is 24.6 Å². The molecule has 0 bridgehead atoms. The van der Waals surface area contributed by atoms with E-state index in [1.54, 1.807) is 30.5 Å². The van der Waals surface area contributed by atoms with E-state index < -0.39 is 9.84 Å². The van der Waals surface area contributed by atoms with E-state index in [2.05, 4.69) is 10.3 Å². The maximum Gasteiger partial charge on any atom is 0.222 e. The van der Waals surface area contributed by atoms with Crippen molar-refractivity contribution in [2.75, 3.05) is 6.26 Å². The molecule has 0 radical (unpaired) electrons. The summed E-state index contributed by atoms with van der Waals surface area (Å²) >= 11 is 0. The van der Waals surface area contributed by atoms with Crippen molar-refractivity contribution in [3.8, 4) is 0 Å². The molecule has 0 saturated carbocycles. The molecule has 7 heteroatoms. The van der Waals surface area contributed by atoms with E-state index in [1.165, 1.54) is 6.26 Å². The molecule has 0 saturated heterocycles. The van der Waals surface area contributed by atoms with Crippen LogP contribution in [0.15, 0.2) is 41.6 Å². The van der Waals surface area contributed by atoms with Crippen LogP contribution in [-0.2, 0) is 27.6 Å². The molecule has 25 heavy (non-hydrogen) atoms. The van der Waals surface area contributed by atoms with Crippen LogP contribution in [0.3, 0.4) is 0 Å². The summed E-state index contributed by atoms with van der Waals surface area (Å²) < 4.78 is 25.1. The number of carbonyl (C=O) groups excluding carboxylic acids is 1. The third-order valence-corrected chi connectivity index (χ3v) is 5.28. The highest BCUT2D eigenvalue weighted by Gasteiger charge is 2.14. The number of nitrogens with one attached hydrogen (secondary N) is 1. The van der Waals surface area contributed by atoms with Gasteiger partial charge in [0.05, 0.1) is 10.9 Å². The van der Waals surface area contributed by atoms with Gasteiger partial charge in [-0.2, -0.15) is 0 Å². The second-order valence-corrected chi connectivity index (χ2v) is 8.03. The molecule has 1 aromatic carbocycles. The molecule has 0 spiro atoms. The minimum Gasteiger partial charge on any atom is -0.349 e. The molecule has 1 amide bonds. The molecular formula is C18H25N3O3S. The molecule has 1 aromatic heterocycles. The van der Waals surface area contributed by atoms with E-state index >= 15 is 0 Å². The van der Waals surface area contributed by atoms with E-state index in [0.717, 1.165) is 24.2 Å². The number of benzene rings is 1. The zero-order valence-corrected chi connectivity index (χ0v) is 15.7. The maximum atomic E-state index is 12.3. The van der Waals surface area contributed by atoms with Crippen molar-refractivity contribution in [3.05, 3.63) is 48.0 Å². The predicted molar refractivity (Wildman–Crippen MR) is 96.9 cm³/mol. The van der Waals surface area contributed by atoms with Gasteiger partial charge in [-0.15, -0.1) is 0 Å². The lowest BCUT2D eigenvalue weighted by Gasteiger charge is -2.18. The molecule has 1 N–H and O–H groups in total. The summed E-state index contributed by atoms with van der Waals surface area (Å²) in [5.74, 6) is 0.936. The van der Waals surface area contributed by atoms with Crippen molar-refractivity contribution in [2.45, 2.75) is 50.6 Å². The number of imidazole rings is 1. The van der Waals surface area contributed by atoms with Crippen molar-refractivity contribution < 1.29 is 13.2 Å². The Balaban J connectivity index is 1.98. The number of rotatable bonds is 8. The van der Waals surface area contributed by atoms with Crippen LogP contribution in [0.4, 0.5) is 0 Å². The van der Waals surface area contributed by atoms with Gasteiger partial charge < -0.3 is 9.88 Å². The van der Waals surface area contributed by atoms with Crippen LogP contribution in [0.1, 0.15) is 44.1 Å². The first kappa shape index (κ1) is 19.2. The van der Waals surface area contributed by atoms with Crippen LogP contribution in [0.25, 0.3) is 0 Å². The summed E-state index contributed by atoms with van der Waals surface area (Å²) in [6.45, 7) is 4.62. The lowest BCUT2D eigenvalue weighted by atomic mass is 10.0. The highest BCUT2D eigenvalue weighted by atomic mass is 32.2. The van der Waals surface area contributed by atoms with Crippen LogP contribution in [0.5, 0.6) is 0 Å². The number of nitrogens with zero attached hydrogens (tertiary/aromatic N) is 2. The molecule has 136 valence electrons. The second-order valence-electron chi connectivity index (χ2n) is 6.01. The fraction of sp³-hybridized carbons (Fsp3) is 0.444. The molecule has 0 aliphatic carbocycles. The molecule has 0 fully saturated rings. The normalized spacial score (nSPS) is 12.8. The lowest BCUT2D eigenvalue weighted by Crippen LogP contribution is -2.29. The zero-order valence-electron chi connectivity index (χ0n) is 14.9. The van der Waals surface area contributed by atoms with Gasteiger partial charge in [-0.25, -0.2) is 13.4 Å². The molecule has 1 heterocycles. The summed E-state index contributed by atoms with van der Waals surface area (Å²) in [4.78, 5) is 16.8. The molecule has 0 aliphatic heterocycles. The zero-order chi connectivity index (χ0) is 18.4. The first-order valence-electron chi connectivity index (χ1n) is 8.44. The van der Waals surface area contributed by atoms with Crippen molar-refractivity contribution in [2.24, 2.45) is 0 Å². The van der Waals surface area contributed by atoms with Crippen LogP contribution >= 0.6 is 0 Å². The Bertz CT molecular complexity index is 810. The summed E-state index contributed by atoms with van der Waals surface area (Å²) in [5.41, 5.74) is 0.903. The fourth-order valence-corrected chi connectivity index (χ4v) is 3.35. The Morgan fingerprint density at radius 2 is 1.92 bits per heavy atom. The van der Waals surface area contributed by atoms with E-state index in [9.17, 15) is 13.2 Å². The van der Waals surface area contributed by atoms with E-state index in [0.29, 0.717) is 13.0 Å². The van der Waals surface area contributed by atoms with Crippen molar-refractivity contribution in [1.29, 1.82) is 0 Å². The number of hydrogen-bond acceptors (Lipinski definition) is 4. The largest absolute Gasteiger partial charge is 0.349 e. The Morgan fingerprint density at radius 3 is 2.48 bits per heavy atom. The number of aromatic nitrogens is 2. The van der Waals surface area contributed by atoms with Crippen LogP contribution in [-0.4, -0.2) is 30.1 Å². The van der Waals surface area contributed by atoms with Gasteiger partial charge in [-0.1, -0.05) is 26.0 Å². The average molecular weight is 363 g/mol. The first-order valence-corrected chi connectivity index (χ1v) is 10.3. The highest BCUT2D eigenvalue weighted by Crippen LogP contribution is 2.19. The quantitative estimate of drug-likeness (QED) is 0.781. The van der Waals surface area contributed by atoms with Gasteiger partial charge in [0.1, 0.15) is 5.82 Å². The Morgan fingerprint density at radius 1 is 1.24 bits per heavy atom. The van der Waals surface area contributed by atoms with Gasteiger partial charge in [0.15, 0.2) is 9.84 Å². The fourth-order valence-electron chi connectivity index (χ4n) is 2.71. The van der Waals surface area contributed by atoms with Crippen LogP contribution in [0.2, 0.25) is 0 Å². The number of aryl methyl sites for hydroxylation is 2. The van der Waals surface area contributed by atoms with Gasteiger partial charge in [0, 0.05) is 38.0 Å². The summed E-state index contributed by atoms with van der Waals surface area (Å²) in [6.07, 6.45) is 6.75. The smallest absolute Gasteiger partial charge is 0.222 e. The monoisotopic (exact) mass is 363 g/mol. The van der Waals surface area contributed by atoms with Gasteiger partial charge in [-0.3, -0.25) is 4.79 Å². The Labute approximate surface area is 149 Å². The van der Waals surface area contributed by atoms with Gasteiger partial charge in [0.2, 0.25) is 5.91 Å². The van der Waals surface area contributed by atoms with Gasteiger partial charge >= 0.3 is 0 Å². The van der Waals surface area contributed by atoms with Gasteiger partial charge in [-0.05, 0) is 24.1 Å². The standard InChI is InChI=1S/C18H25N3O3S/c1-4-16(14-6-8-15(9-7-14)25(3,23)24)20-18(22)10-12-21-13-11-19-17(21)5-2/h6-9,11,13,16H,4-5,10,12H2,1-3H3,(H,20,22). The van der Waals surface area contributed by atoms with Crippen LogP contribution < -0.4 is 5.32 Å². The lowest BCUT2D eigenvalue weighted by molar-refractivity contribution is -0.122. The number of sulfone groups is 1. The minimum atomic E-state index is -3.21. The summed E-state index contributed by atoms with van der Waals surface area (Å²) in [6, 6.07) is 6.55. The van der Waals surface area contributed by atoms with E-state index in [-0.39, 0.29) is 16.8 Å². The van der Waals surface area contributed by atoms with Gasteiger partial charge in [0.25, 0.3) is 0 Å². The second kappa shape index (κ2) is 8.29. The Hall–Kier alpha value is -2.15.